The number of fused-ring (bicyclic) bond motifs is 3. The van der Waals surface area contributed by atoms with Gasteiger partial charge in [-0.1, -0.05) is 36.4 Å². The molecule has 1 aliphatic rings. The number of aromatic amines is 1. The molecule has 1 aliphatic heterocycles. The van der Waals surface area contributed by atoms with Crippen LogP contribution in [0.25, 0.3) is 10.9 Å². The van der Waals surface area contributed by atoms with Gasteiger partial charge in [-0.3, -0.25) is 0 Å². The molecule has 0 fully saturated rings. The summed E-state index contributed by atoms with van der Waals surface area (Å²) in [7, 11) is 0. The molecule has 0 saturated carbocycles. The lowest BCUT2D eigenvalue weighted by Crippen LogP contribution is -2.43. The smallest absolute Gasteiger partial charge is 0.356 e. The number of H-pyrrole nitrogens is 1. The topological polar surface area (TPSA) is 48.1 Å². The van der Waals surface area contributed by atoms with Crippen molar-refractivity contribution in [1.82, 2.24) is 9.88 Å². The number of aromatic nitrogens is 1. The third-order valence-corrected chi connectivity index (χ3v) is 5.92. The average Bonchev–Trinajstić information content (AvgIpc) is 3.17. The Labute approximate surface area is 186 Å². The van der Waals surface area contributed by atoms with Crippen molar-refractivity contribution in [3.05, 3.63) is 101 Å². The van der Waals surface area contributed by atoms with Gasteiger partial charge >= 0.3 is 12.2 Å². The van der Waals surface area contributed by atoms with E-state index >= 15 is 0 Å². The number of hydrogen-bond acceptors (Lipinski definition) is 1. The summed E-state index contributed by atoms with van der Waals surface area (Å²) in [5.74, 6) is -0.397. The highest BCUT2D eigenvalue weighted by atomic mass is 19.4. The van der Waals surface area contributed by atoms with Crippen LogP contribution in [0.3, 0.4) is 0 Å². The lowest BCUT2D eigenvalue weighted by atomic mass is 9.92. The van der Waals surface area contributed by atoms with Gasteiger partial charge in [-0.25, -0.2) is 9.18 Å². The van der Waals surface area contributed by atoms with Gasteiger partial charge in [0.2, 0.25) is 0 Å². The maximum atomic E-state index is 13.6. The zero-order chi connectivity index (χ0) is 23.2. The van der Waals surface area contributed by atoms with Crippen LogP contribution in [0.1, 0.15) is 28.4 Å². The van der Waals surface area contributed by atoms with Gasteiger partial charge in [-0.15, -0.1) is 0 Å². The van der Waals surface area contributed by atoms with Gasteiger partial charge in [0.1, 0.15) is 5.82 Å². The largest absolute Gasteiger partial charge is 0.416 e. The number of urea groups is 1. The summed E-state index contributed by atoms with van der Waals surface area (Å²) in [5.41, 5.74) is 2.72. The van der Waals surface area contributed by atoms with Crippen molar-refractivity contribution in [2.45, 2.75) is 18.6 Å². The monoisotopic (exact) mass is 453 g/mol. The summed E-state index contributed by atoms with van der Waals surface area (Å²) in [5, 5.41) is 3.65. The molecule has 0 bridgehead atoms. The quantitative estimate of drug-likeness (QED) is 0.334. The summed E-state index contributed by atoms with van der Waals surface area (Å²) < 4.78 is 52.9. The SMILES string of the molecule is O=C(Nc1cccc(C(F)(F)F)c1)N1CCc2c([nH]c3ccccc23)[C@H]1c1ccc(F)cc1. The molecule has 0 saturated heterocycles. The predicted molar refractivity (Wildman–Crippen MR) is 117 cm³/mol. The second kappa shape index (κ2) is 7.95. The van der Waals surface area contributed by atoms with E-state index in [1.54, 1.807) is 17.0 Å². The van der Waals surface area contributed by atoms with Crippen LogP contribution < -0.4 is 5.32 Å². The Kier molecular flexibility index (Phi) is 5.08. The molecule has 5 rings (SSSR count). The van der Waals surface area contributed by atoms with Gasteiger partial charge in [-0.2, -0.15) is 13.2 Å². The third-order valence-electron chi connectivity index (χ3n) is 5.92. The molecule has 2 amide bonds. The maximum absolute atomic E-state index is 13.6. The number of hydrogen-bond donors (Lipinski definition) is 2. The number of nitrogens with zero attached hydrogens (tertiary/aromatic N) is 1. The fraction of sp³-hybridized carbons (Fsp3) is 0.160. The van der Waals surface area contributed by atoms with E-state index in [1.807, 2.05) is 24.3 Å². The summed E-state index contributed by atoms with van der Waals surface area (Å²) >= 11 is 0. The van der Waals surface area contributed by atoms with Crippen molar-refractivity contribution in [3.8, 4) is 0 Å². The Morgan fingerprint density at radius 1 is 1.00 bits per heavy atom. The summed E-state index contributed by atoms with van der Waals surface area (Å²) in [6, 6.07) is 17.1. The molecule has 2 heterocycles. The highest BCUT2D eigenvalue weighted by Gasteiger charge is 2.35. The number of halogens is 4. The van der Waals surface area contributed by atoms with Crippen molar-refractivity contribution in [1.29, 1.82) is 0 Å². The molecule has 0 spiro atoms. The minimum atomic E-state index is -4.51. The molecule has 4 nitrogen and oxygen atoms in total. The minimum absolute atomic E-state index is 0.0510. The number of carbonyl (C=O) groups is 1. The number of para-hydroxylation sites is 1. The van der Waals surface area contributed by atoms with E-state index in [4.69, 9.17) is 0 Å². The standard InChI is InChI=1S/C25H19F4N3O/c26-17-10-8-15(9-11-17)23-22-20(19-6-1-2-7-21(19)31-22)12-13-32(23)24(33)30-18-5-3-4-16(14-18)25(27,28)29/h1-11,14,23,31H,12-13H2,(H,30,33)/t23-/m1/s1. The second-order valence-corrected chi connectivity index (χ2v) is 7.97. The Morgan fingerprint density at radius 2 is 1.76 bits per heavy atom. The molecule has 0 unspecified atom stereocenters. The Hall–Kier alpha value is -3.81. The fourth-order valence-corrected chi connectivity index (χ4v) is 4.42. The number of carbonyl (C=O) groups excluding carboxylic acids is 1. The normalized spacial score (nSPS) is 16.0. The number of amides is 2. The van der Waals surface area contributed by atoms with E-state index in [1.165, 1.54) is 24.3 Å². The molecule has 3 aromatic carbocycles. The fourth-order valence-electron chi connectivity index (χ4n) is 4.42. The van der Waals surface area contributed by atoms with E-state index in [0.717, 1.165) is 34.3 Å². The van der Waals surface area contributed by atoms with E-state index in [-0.39, 0.29) is 5.69 Å². The van der Waals surface area contributed by atoms with Crippen molar-refractivity contribution < 1.29 is 22.4 Å². The van der Waals surface area contributed by atoms with Crippen LogP contribution in [-0.2, 0) is 12.6 Å². The van der Waals surface area contributed by atoms with Crippen molar-refractivity contribution >= 4 is 22.6 Å². The minimum Gasteiger partial charge on any atom is -0.356 e. The molecule has 2 N–H and O–H groups in total. The third kappa shape index (κ3) is 3.92. The number of rotatable bonds is 2. The first-order chi connectivity index (χ1) is 15.8. The molecule has 0 radical (unpaired) electrons. The van der Waals surface area contributed by atoms with Crippen LogP contribution in [0.4, 0.5) is 28.0 Å². The number of nitrogens with one attached hydrogen (secondary N) is 2. The highest BCUT2D eigenvalue weighted by molar-refractivity contribution is 5.91. The van der Waals surface area contributed by atoms with E-state index in [9.17, 15) is 22.4 Å². The van der Waals surface area contributed by atoms with Crippen LogP contribution in [0.2, 0.25) is 0 Å². The van der Waals surface area contributed by atoms with E-state index < -0.39 is 29.6 Å². The van der Waals surface area contributed by atoms with Gasteiger partial charge < -0.3 is 15.2 Å². The van der Waals surface area contributed by atoms with Crippen molar-refractivity contribution in [3.63, 3.8) is 0 Å². The van der Waals surface area contributed by atoms with Crippen molar-refractivity contribution in [2.75, 3.05) is 11.9 Å². The predicted octanol–water partition coefficient (Wildman–Crippen LogP) is 6.51. The number of benzene rings is 3. The molecular weight excluding hydrogens is 434 g/mol. The van der Waals surface area contributed by atoms with Gasteiger partial charge in [0.05, 0.1) is 11.6 Å². The van der Waals surface area contributed by atoms with Gasteiger partial charge in [-0.05, 0) is 53.9 Å². The molecular formula is C25H19F4N3O. The summed E-state index contributed by atoms with van der Waals surface area (Å²) in [6.07, 6.45) is -3.94. The molecule has 1 aromatic heterocycles. The van der Waals surface area contributed by atoms with Crippen LogP contribution in [0.15, 0.2) is 72.8 Å². The van der Waals surface area contributed by atoms with Gasteiger partial charge in [0, 0.05) is 28.8 Å². The molecule has 8 heteroatoms. The molecule has 1 atom stereocenters. The molecule has 4 aromatic rings. The molecule has 168 valence electrons. The second-order valence-electron chi connectivity index (χ2n) is 7.97. The molecule has 33 heavy (non-hydrogen) atoms. The first-order valence-corrected chi connectivity index (χ1v) is 10.4. The Bertz CT molecular complexity index is 1330. The zero-order valence-electron chi connectivity index (χ0n) is 17.3. The zero-order valence-corrected chi connectivity index (χ0v) is 17.3. The number of anilines is 1. The number of alkyl halides is 3. The first-order valence-electron chi connectivity index (χ1n) is 10.4. The maximum Gasteiger partial charge on any atom is 0.416 e. The summed E-state index contributed by atoms with van der Waals surface area (Å²) in [6.45, 7) is 0.349. The van der Waals surface area contributed by atoms with Crippen LogP contribution in [0.5, 0.6) is 0 Å². The average molecular weight is 453 g/mol. The van der Waals surface area contributed by atoms with E-state index in [0.29, 0.717) is 18.5 Å². The van der Waals surface area contributed by atoms with Crippen molar-refractivity contribution in [2.24, 2.45) is 0 Å². The van der Waals surface area contributed by atoms with Gasteiger partial charge in [0.25, 0.3) is 0 Å². The van der Waals surface area contributed by atoms with Crippen LogP contribution in [0, 0.1) is 5.82 Å². The lowest BCUT2D eigenvalue weighted by molar-refractivity contribution is -0.137. The Morgan fingerprint density at radius 3 is 2.52 bits per heavy atom. The lowest BCUT2D eigenvalue weighted by Gasteiger charge is -2.36. The molecule has 0 aliphatic carbocycles. The summed E-state index contributed by atoms with van der Waals surface area (Å²) in [4.78, 5) is 18.2. The van der Waals surface area contributed by atoms with Crippen LogP contribution in [-0.4, -0.2) is 22.5 Å². The highest BCUT2D eigenvalue weighted by Crippen LogP contribution is 2.39. The Balaban J connectivity index is 1.53. The first kappa shape index (κ1) is 21.1. The van der Waals surface area contributed by atoms with Gasteiger partial charge in [0.15, 0.2) is 0 Å². The van der Waals surface area contributed by atoms with Crippen LogP contribution >= 0.6 is 0 Å². The van der Waals surface area contributed by atoms with E-state index in [2.05, 4.69) is 10.3 Å².